The molecule has 0 atom stereocenters. The molecule has 0 radical (unpaired) electrons. The van der Waals surface area contributed by atoms with Crippen LogP contribution in [0.15, 0.2) is 67.3 Å². The Hall–Kier alpha value is -3.28. The minimum absolute atomic E-state index is 0.185. The lowest BCUT2D eigenvalue weighted by Gasteiger charge is -2.08. The Balaban J connectivity index is 1.65. The minimum Gasteiger partial charge on any atom is -0.337 e. The first-order valence-corrected chi connectivity index (χ1v) is 7.31. The van der Waals surface area contributed by atoms with E-state index in [1.165, 1.54) is 18.3 Å². The fourth-order valence-corrected chi connectivity index (χ4v) is 2.54. The second-order valence-corrected chi connectivity index (χ2v) is 5.24. The first-order chi connectivity index (χ1) is 11.7. The molecule has 4 aromatic rings. The fourth-order valence-electron chi connectivity index (χ4n) is 2.54. The SMILES string of the molecule is Fc1cccc(-c2ccc(Nc3cccn4ccnc34)nc2)c1F. The van der Waals surface area contributed by atoms with Crippen molar-refractivity contribution >= 4 is 17.2 Å². The fraction of sp³-hybridized carbons (Fsp3) is 0. The number of nitrogens with one attached hydrogen (secondary N) is 1. The van der Waals surface area contributed by atoms with Crippen molar-refractivity contribution in [2.24, 2.45) is 0 Å². The zero-order valence-electron chi connectivity index (χ0n) is 12.4. The number of rotatable bonds is 3. The molecule has 0 spiro atoms. The highest BCUT2D eigenvalue weighted by Gasteiger charge is 2.10. The summed E-state index contributed by atoms with van der Waals surface area (Å²) in [6, 6.07) is 11.3. The maximum atomic E-state index is 13.8. The Bertz CT molecular complexity index is 1010. The van der Waals surface area contributed by atoms with Gasteiger partial charge in [0, 0.05) is 35.9 Å². The average Bonchev–Trinajstić information content (AvgIpc) is 3.08. The summed E-state index contributed by atoms with van der Waals surface area (Å²) in [7, 11) is 0. The summed E-state index contributed by atoms with van der Waals surface area (Å²) in [4.78, 5) is 8.56. The molecule has 0 bridgehead atoms. The summed E-state index contributed by atoms with van der Waals surface area (Å²) in [6.07, 6.45) is 6.97. The van der Waals surface area contributed by atoms with Crippen molar-refractivity contribution < 1.29 is 8.78 Å². The second-order valence-electron chi connectivity index (χ2n) is 5.24. The van der Waals surface area contributed by atoms with Gasteiger partial charge in [0.25, 0.3) is 0 Å². The smallest absolute Gasteiger partial charge is 0.166 e. The van der Waals surface area contributed by atoms with Crippen molar-refractivity contribution in [2.45, 2.75) is 0 Å². The molecule has 0 saturated carbocycles. The van der Waals surface area contributed by atoms with Crippen LogP contribution in [-0.4, -0.2) is 14.4 Å². The molecule has 0 fully saturated rings. The molecule has 0 saturated heterocycles. The third-order valence-corrected chi connectivity index (χ3v) is 3.71. The highest BCUT2D eigenvalue weighted by atomic mass is 19.2. The van der Waals surface area contributed by atoms with Crippen LogP contribution in [0.2, 0.25) is 0 Å². The number of hydrogen-bond donors (Lipinski definition) is 1. The predicted molar refractivity (Wildman–Crippen MR) is 88.1 cm³/mol. The third kappa shape index (κ3) is 2.48. The van der Waals surface area contributed by atoms with Crippen LogP contribution in [0.25, 0.3) is 16.8 Å². The molecule has 1 aromatic carbocycles. The van der Waals surface area contributed by atoms with Crippen molar-refractivity contribution in [1.29, 1.82) is 0 Å². The van der Waals surface area contributed by atoms with Gasteiger partial charge in [-0.3, -0.25) is 0 Å². The van der Waals surface area contributed by atoms with Crippen LogP contribution in [0.5, 0.6) is 0 Å². The Kier molecular flexibility index (Phi) is 3.42. The van der Waals surface area contributed by atoms with Crippen LogP contribution in [0.4, 0.5) is 20.3 Å². The molecule has 0 amide bonds. The van der Waals surface area contributed by atoms with Crippen molar-refractivity contribution in [1.82, 2.24) is 14.4 Å². The second kappa shape index (κ2) is 5.73. The lowest BCUT2D eigenvalue weighted by Crippen LogP contribution is -1.97. The molecular weight excluding hydrogens is 310 g/mol. The van der Waals surface area contributed by atoms with Crippen LogP contribution in [0, 0.1) is 11.6 Å². The van der Waals surface area contributed by atoms with Crippen molar-refractivity contribution in [3.8, 4) is 11.1 Å². The Labute approximate surface area is 136 Å². The molecule has 4 rings (SSSR count). The molecule has 1 N–H and O–H groups in total. The molecule has 6 heteroatoms. The number of aromatic nitrogens is 3. The zero-order chi connectivity index (χ0) is 16.5. The number of hydrogen-bond acceptors (Lipinski definition) is 3. The Morgan fingerprint density at radius 2 is 1.83 bits per heavy atom. The zero-order valence-corrected chi connectivity index (χ0v) is 12.4. The van der Waals surface area contributed by atoms with Gasteiger partial charge < -0.3 is 9.72 Å². The van der Waals surface area contributed by atoms with Crippen LogP contribution >= 0.6 is 0 Å². The lowest BCUT2D eigenvalue weighted by atomic mass is 10.1. The summed E-state index contributed by atoms with van der Waals surface area (Å²) in [5.41, 5.74) is 2.28. The van der Waals surface area contributed by atoms with Gasteiger partial charge in [0.2, 0.25) is 0 Å². The molecule has 118 valence electrons. The predicted octanol–water partition coefficient (Wildman–Crippen LogP) is 4.42. The van der Waals surface area contributed by atoms with Gasteiger partial charge in [-0.15, -0.1) is 0 Å². The van der Waals surface area contributed by atoms with Gasteiger partial charge in [-0.05, 0) is 30.3 Å². The van der Waals surface area contributed by atoms with E-state index in [2.05, 4.69) is 15.3 Å². The molecule has 3 heterocycles. The summed E-state index contributed by atoms with van der Waals surface area (Å²) < 4.78 is 29.1. The van der Waals surface area contributed by atoms with Crippen molar-refractivity contribution in [2.75, 3.05) is 5.32 Å². The Morgan fingerprint density at radius 1 is 0.917 bits per heavy atom. The molecular formula is C18H12F2N4. The van der Waals surface area contributed by atoms with E-state index in [1.54, 1.807) is 18.3 Å². The van der Waals surface area contributed by atoms with Gasteiger partial charge >= 0.3 is 0 Å². The standard InChI is InChI=1S/C18H12F2N4/c19-14-4-1-3-13(17(14)20)12-6-7-16(22-11-12)23-15-5-2-9-24-10-8-21-18(15)24/h1-11H,(H,22,23). The van der Waals surface area contributed by atoms with E-state index in [0.29, 0.717) is 11.4 Å². The van der Waals surface area contributed by atoms with Crippen molar-refractivity contribution in [3.63, 3.8) is 0 Å². The first kappa shape index (κ1) is 14.3. The molecule has 0 unspecified atom stereocenters. The van der Waals surface area contributed by atoms with Crippen LogP contribution < -0.4 is 5.32 Å². The summed E-state index contributed by atoms with van der Waals surface area (Å²) in [5.74, 6) is -1.16. The van der Waals surface area contributed by atoms with E-state index in [-0.39, 0.29) is 5.56 Å². The summed E-state index contributed by atoms with van der Waals surface area (Å²) >= 11 is 0. The largest absolute Gasteiger partial charge is 0.337 e. The van der Waals surface area contributed by atoms with Gasteiger partial charge in [0.1, 0.15) is 5.82 Å². The topological polar surface area (TPSA) is 42.2 Å². The van der Waals surface area contributed by atoms with E-state index in [4.69, 9.17) is 0 Å². The van der Waals surface area contributed by atoms with Crippen LogP contribution in [-0.2, 0) is 0 Å². The van der Waals surface area contributed by atoms with E-state index in [1.807, 2.05) is 28.9 Å². The van der Waals surface area contributed by atoms with Gasteiger partial charge in [0.15, 0.2) is 17.3 Å². The number of pyridine rings is 2. The number of benzene rings is 1. The third-order valence-electron chi connectivity index (χ3n) is 3.71. The summed E-state index contributed by atoms with van der Waals surface area (Å²) in [6.45, 7) is 0. The minimum atomic E-state index is -0.874. The van der Waals surface area contributed by atoms with Gasteiger partial charge in [-0.25, -0.2) is 18.7 Å². The first-order valence-electron chi connectivity index (χ1n) is 7.31. The number of anilines is 2. The molecule has 24 heavy (non-hydrogen) atoms. The number of fused-ring (bicyclic) bond motifs is 1. The van der Waals surface area contributed by atoms with Crippen LogP contribution in [0.1, 0.15) is 0 Å². The van der Waals surface area contributed by atoms with E-state index in [9.17, 15) is 8.78 Å². The molecule has 0 aliphatic heterocycles. The highest BCUT2D eigenvalue weighted by molar-refractivity contribution is 5.73. The van der Waals surface area contributed by atoms with Crippen molar-refractivity contribution in [3.05, 3.63) is 78.9 Å². The number of halogens is 2. The highest BCUT2D eigenvalue weighted by Crippen LogP contribution is 2.25. The maximum Gasteiger partial charge on any atom is 0.166 e. The van der Waals surface area contributed by atoms with E-state index in [0.717, 1.165) is 17.4 Å². The van der Waals surface area contributed by atoms with Crippen LogP contribution in [0.3, 0.4) is 0 Å². The molecule has 4 nitrogen and oxygen atoms in total. The normalized spacial score (nSPS) is 10.9. The average molecular weight is 322 g/mol. The molecule has 3 aromatic heterocycles. The maximum absolute atomic E-state index is 13.8. The van der Waals surface area contributed by atoms with E-state index >= 15 is 0 Å². The number of imidazole rings is 1. The summed E-state index contributed by atoms with van der Waals surface area (Å²) in [5, 5.41) is 3.18. The monoisotopic (exact) mass is 322 g/mol. The quantitative estimate of drug-likeness (QED) is 0.607. The van der Waals surface area contributed by atoms with Gasteiger partial charge in [-0.2, -0.15) is 0 Å². The lowest BCUT2D eigenvalue weighted by molar-refractivity contribution is 0.511. The van der Waals surface area contributed by atoms with Gasteiger partial charge in [-0.1, -0.05) is 12.1 Å². The number of nitrogens with zero attached hydrogens (tertiary/aromatic N) is 3. The molecule has 0 aliphatic rings. The Morgan fingerprint density at radius 3 is 2.67 bits per heavy atom. The molecule has 0 aliphatic carbocycles. The van der Waals surface area contributed by atoms with Gasteiger partial charge in [0.05, 0.1) is 5.69 Å². The van der Waals surface area contributed by atoms with E-state index < -0.39 is 11.6 Å².